The van der Waals surface area contributed by atoms with Crippen molar-refractivity contribution in [3.63, 3.8) is 0 Å². The fourth-order valence-corrected chi connectivity index (χ4v) is 4.78. The highest BCUT2D eigenvalue weighted by Gasteiger charge is 2.11. The van der Waals surface area contributed by atoms with Gasteiger partial charge in [-0.2, -0.15) is 0 Å². The molecule has 0 spiro atoms. The second-order valence-corrected chi connectivity index (χ2v) is 9.01. The molecule has 0 aliphatic carbocycles. The van der Waals surface area contributed by atoms with Crippen LogP contribution in [-0.4, -0.2) is 22.4 Å². The minimum atomic E-state index is -0.0441. The molecule has 0 radical (unpaired) electrons. The van der Waals surface area contributed by atoms with Gasteiger partial charge in [-0.25, -0.2) is 4.98 Å². The summed E-state index contributed by atoms with van der Waals surface area (Å²) in [5, 5.41) is 6.77. The molecule has 2 aromatic heterocycles. The number of Topliss-reactive ketones (excluding diaryl/α,β-unsaturated/α-hetero) is 1. The lowest BCUT2D eigenvalue weighted by atomic mass is 10.1. The first-order chi connectivity index (χ1) is 13.1. The van der Waals surface area contributed by atoms with Gasteiger partial charge < -0.3 is 5.32 Å². The van der Waals surface area contributed by atoms with E-state index >= 15 is 0 Å². The number of thioether (sulfide) groups is 1. The molecule has 0 atom stereocenters. The van der Waals surface area contributed by atoms with Gasteiger partial charge in [0, 0.05) is 15.8 Å². The Labute approximate surface area is 171 Å². The number of hydrogen-bond donors (Lipinski definition) is 1. The van der Waals surface area contributed by atoms with E-state index in [2.05, 4.69) is 17.2 Å². The lowest BCUT2D eigenvalue weighted by Gasteiger charge is -2.02. The van der Waals surface area contributed by atoms with Gasteiger partial charge in [-0.05, 0) is 23.4 Å². The quantitative estimate of drug-likeness (QED) is 0.409. The van der Waals surface area contributed by atoms with Crippen LogP contribution < -0.4 is 5.32 Å². The third kappa shape index (κ3) is 6.02. The maximum absolute atomic E-state index is 12.3. The number of nitrogens with zero attached hydrogens (tertiary/aromatic N) is 1. The van der Waals surface area contributed by atoms with Crippen molar-refractivity contribution in [1.29, 1.82) is 0 Å². The Morgan fingerprint density at radius 1 is 1.15 bits per heavy atom. The summed E-state index contributed by atoms with van der Waals surface area (Å²) in [6.45, 7) is 2.64. The molecule has 0 aliphatic rings. The number of hydrogen-bond acceptors (Lipinski definition) is 6. The van der Waals surface area contributed by atoms with E-state index in [1.54, 1.807) is 11.3 Å². The zero-order chi connectivity index (χ0) is 19.1. The van der Waals surface area contributed by atoms with Crippen LogP contribution in [0.25, 0.3) is 0 Å². The van der Waals surface area contributed by atoms with Crippen LogP contribution in [0.2, 0.25) is 0 Å². The van der Waals surface area contributed by atoms with E-state index in [1.165, 1.54) is 28.7 Å². The normalized spacial score (nSPS) is 10.7. The molecular formula is C20H20N2O2S3. The molecule has 0 unspecified atom stereocenters. The first-order valence-electron chi connectivity index (χ1n) is 8.62. The van der Waals surface area contributed by atoms with Crippen LogP contribution in [0.3, 0.4) is 0 Å². The standard InChI is InChI=1S/C20H20N2O2S3/c1-2-14-5-7-15(8-6-14)18(23)13-27-20-22-16(12-26-20)10-19(24)21-11-17-4-3-9-25-17/h3-9,12H,2,10-11,13H2,1H3,(H,21,24). The van der Waals surface area contributed by atoms with Crippen LogP contribution in [0.4, 0.5) is 0 Å². The van der Waals surface area contributed by atoms with Crippen LogP contribution in [-0.2, 0) is 24.2 Å². The lowest BCUT2D eigenvalue weighted by molar-refractivity contribution is -0.120. The van der Waals surface area contributed by atoms with Crippen molar-refractivity contribution in [2.45, 2.75) is 30.6 Å². The Hall–Kier alpha value is -1.96. The van der Waals surface area contributed by atoms with Gasteiger partial charge in [-0.3, -0.25) is 9.59 Å². The summed E-state index contributed by atoms with van der Waals surface area (Å²) >= 11 is 4.51. The van der Waals surface area contributed by atoms with Crippen LogP contribution in [0.15, 0.2) is 51.5 Å². The predicted octanol–water partition coefficient (Wildman–Crippen LogP) is 4.60. The van der Waals surface area contributed by atoms with E-state index in [-0.39, 0.29) is 18.1 Å². The molecule has 0 saturated heterocycles. The highest BCUT2D eigenvalue weighted by Crippen LogP contribution is 2.24. The summed E-state index contributed by atoms with van der Waals surface area (Å²) in [6.07, 6.45) is 1.22. The minimum absolute atomic E-state index is 0.0441. The van der Waals surface area contributed by atoms with Crippen molar-refractivity contribution in [3.05, 3.63) is 68.9 Å². The lowest BCUT2D eigenvalue weighted by Crippen LogP contribution is -2.24. The van der Waals surface area contributed by atoms with Gasteiger partial charge in [0.05, 0.1) is 24.4 Å². The topological polar surface area (TPSA) is 59.1 Å². The van der Waals surface area contributed by atoms with Gasteiger partial charge in [-0.15, -0.1) is 22.7 Å². The molecule has 3 rings (SSSR count). The average molecular weight is 417 g/mol. The molecule has 1 aromatic carbocycles. The van der Waals surface area contributed by atoms with Crippen molar-refractivity contribution >= 4 is 46.1 Å². The molecule has 4 nitrogen and oxygen atoms in total. The first kappa shape index (κ1) is 19.8. The van der Waals surface area contributed by atoms with E-state index in [0.29, 0.717) is 12.3 Å². The second-order valence-electron chi connectivity index (χ2n) is 5.90. The Balaban J connectivity index is 1.45. The number of aromatic nitrogens is 1. The van der Waals surface area contributed by atoms with Crippen molar-refractivity contribution in [1.82, 2.24) is 10.3 Å². The largest absolute Gasteiger partial charge is 0.351 e. The molecular weight excluding hydrogens is 396 g/mol. The summed E-state index contributed by atoms with van der Waals surface area (Å²) in [5.41, 5.74) is 2.69. The molecule has 140 valence electrons. The van der Waals surface area contributed by atoms with Crippen molar-refractivity contribution in [2.24, 2.45) is 0 Å². The molecule has 0 fully saturated rings. The summed E-state index contributed by atoms with van der Waals surface area (Å²) in [4.78, 5) is 29.9. The summed E-state index contributed by atoms with van der Waals surface area (Å²) < 4.78 is 0.814. The Kier molecular flexibility index (Phi) is 7.20. The molecule has 27 heavy (non-hydrogen) atoms. The van der Waals surface area contributed by atoms with Gasteiger partial charge in [0.25, 0.3) is 0 Å². The first-order valence-corrected chi connectivity index (χ1v) is 11.4. The molecule has 2 heterocycles. The predicted molar refractivity (Wildman–Crippen MR) is 113 cm³/mol. The molecule has 0 aliphatic heterocycles. The summed E-state index contributed by atoms with van der Waals surface area (Å²) in [6, 6.07) is 11.7. The van der Waals surface area contributed by atoms with Gasteiger partial charge in [0.2, 0.25) is 5.91 Å². The Morgan fingerprint density at radius 2 is 1.96 bits per heavy atom. The Bertz CT molecular complexity index is 886. The van der Waals surface area contributed by atoms with Gasteiger partial charge in [0.1, 0.15) is 0 Å². The molecule has 0 bridgehead atoms. The third-order valence-electron chi connectivity index (χ3n) is 3.92. The second kappa shape index (κ2) is 9.82. The zero-order valence-electron chi connectivity index (χ0n) is 14.9. The maximum Gasteiger partial charge on any atom is 0.226 e. The number of amides is 1. The fraction of sp³-hybridized carbons (Fsp3) is 0.250. The number of thiophene rings is 1. The fourth-order valence-electron chi connectivity index (χ4n) is 2.40. The highest BCUT2D eigenvalue weighted by atomic mass is 32.2. The number of carbonyl (C=O) groups excluding carboxylic acids is 2. The van der Waals surface area contributed by atoms with Crippen LogP contribution in [0, 0.1) is 0 Å². The number of carbonyl (C=O) groups is 2. The van der Waals surface area contributed by atoms with Crippen molar-refractivity contribution < 1.29 is 9.59 Å². The van der Waals surface area contributed by atoms with E-state index in [0.717, 1.165) is 26.9 Å². The third-order valence-corrected chi connectivity index (χ3v) is 6.87. The Morgan fingerprint density at radius 3 is 2.67 bits per heavy atom. The van der Waals surface area contributed by atoms with Crippen LogP contribution in [0.5, 0.6) is 0 Å². The van der Waals surface area contributed by atoms with Crippen LogP contribution in [0.1, 0.15) is 33.4 Å². The highest BCUT2D eigenvalue weighted by molar-refractivity contribution is 8.01. The molecule has 1 N–H and O–H groups in total. The van der Waals surface area contributed by atoms with Crippen molar-refractivity contribution in [3.8, 4) is 0 Å². The zero-order valence-corrected chi connectivity index (χ0v) is 17.4. The molecule has 1 amide bonds. The van der Waals surface area contributed by atoms with E-state index < -0.39 is 0 Å². The number of thiazole rings is 1. The number of ketones is 1. The summed E-state index contributed by atoms with van der Waals surface area (Å²) in [5.74, 6) is 0.397. The summed E-state index contributed by atoms with van der Waals surface area (Å²) in [7, 11) is 0. The average Bonchev–Trinajstić information content (AvgIpc) is 3.36. The van der Waals surface area contributed by atoms with Crippen LogP contribution >= 0.6 is 34.4 Å². The number of rotatable bonds is 9. The number of nitrogens with one attached hydrogen (secondary N) is 1. The monoisotopic (exact) mass is 416 g/mol. The molecule has 3 aromatic rings. The van der Waals surface area contributed by atoms with Gasteiger partial charge >= 0.3 is 0 Å². The van der Waals surface area contributed by atoms with Gasteiger partial charge in [-0.1, -0.05) is 49.0 Å². The van der Waals surface area contributed by atoms with E-state index in [4.69, 9.17) is 0 Å². The molecule has 7 heteroatoms. The maximum atomic E-state index is 12.3. The SMILES string of the molecule is CCc1ccc(C(=O)CSc2nc(CC(=O)NCc3cccs3)cs2)cc1. The molecule has 0 saturated carbocycles. The van der Waals surface area contributed by atoms with E-state index in [9.17, 15) is 9.59 Å². The minimum Gasteiger partial charge on any atom is -0.351 e. The number of aryl methyl sites for hydroxylation is 1. The van der Waals surface area contributed by atoms with E-state index in [1.807, 2.05) is 47.2 Å². The number of benzene rings is 1. The smallest absolute Gasteiger partial charge is 0.226 e. The van der Waals surface area contributed by atoms with Gasteiger partial charge in [0.15, 0.2) is 10.1 Å². The van der Waals surface area contributed by atoms with Crippen molar-refractivity contribution in [2.75, 3.05) is 5.75 Å².